The van der Waals surface area contributed by atoms with E-state index in [1.807, 2.05) is 24.0 Å². The molecular formula is C23H30N2O2. The van der Waals surface area contributed by atoms with E-state index in [0.717, 1.165) is 35.4 Å². The number of benzene rings is 1. The molecule has 0 aromatic heterocycles. The topological polar surface area (TPSA) is 41.6 Å². The monoisotopic (exact) mass is 366 g/mol. The predicted molar refractivity (Wildman–Crippen MR) is 112 cm³/mol. The highest BCUT2D eigenvalue weighted by Gasteiger charge is 2.31. The van der Waals surface area contributed by atoms with Crippen LogP contribution in [-0.2, 0) is 0 Å². The van der Waals surface area contributed by atoms with Crippen molar-refractivity contribution in [2.45, 2.75) is 46.1 Å². The van der Waals surface area contributed by atoms with Gasteiger partial charge in [-0.15, -0.1) is 0 Å². The molecule has 1 aromatic carbocycles. The van der Waals surface area contributed by atoms with Gasteiger partial charge in [0.25, 0.3) is 0 Å². The average Bonchev–Trinajstić information content (AvgIpc) is 2.60. The maximum absolute atomic E-state index is 12.6. The quantitative estimate of drug-likeness (QED) is 0.792. The molecule has 0 bridgehead atoms. The number of carbonyl (C=O) groups excluding carboxylic acids is 1. The fourth-order valence-corrected chi connectivity index (χ4v) is 3.61. The first-order valence-corrected chi connectivity index (χ1v) is 9.60. The van der Waals surface area contributed by atoms with E-state index in [1.165, 1.54) is 5.57 Å². The maximum atomic E-state index is 12.6. The number of carbonyl (C=O) groups is 1. The minimum absolute atomic E-state index is 0.0402. The van der Waals surface area contributed by atoms with E-state index in [1.54, 1.807) is 7.11 Å². The van der Waals surface area contributed by atoms with E-state index in [2.05, 4.69) is 56.5 Å². The second-order valence-electron chi connectivity index (χ2n) is 8.17. The number of amides is 2. The van der Waals surface area contributed by atoms with Gasteiger partial charge in [-0.2, -0.15) is 0 Å². The summed E-state index contributed by atoms with van der Waals surface area (Å²) in [5, 5.41) is 3.08. The van der Waals surface area contributed by atoms with Crippen molar-refractivity contribution in [1.82, 2.24) is 5.32 Å². The molecule has 3 rings (SSSR count). The van der Waals surface area contributed by atoms with Crippen molar-refractivity contribution >= 4 is 17.8 Å². The minimum atomic E-state index is -0.156. The normalized spacial score (nSPS) is 22.0. The lowest BCUT2D eigenvalue weighted by Crippen LogP contribution is -2.57. The van der Waals surface area contributed by atoms with Crippen molar-refractivity contribution in [2.75, 3.05) is 18.6 Å². The van der Waals surface area contributed by atoms with Gasteiger partial charge in [0.05, 0.1) is 7.11 Å². The molecule has 1 aliphatic carbocycles. The standard InChI is InChI=1S/C23H30N2O2/c1-16-6-8-18(9-7-16)10-11-19-15-20(14-17(2)21(19)27-5)25-13-12-23(3,4)24-22(25)26/h6-8,10-11,14-15,18H,9,12-13H2,1-5H3,(H,24,26). The van der Waals surface area contributed by atoms with Gasteiger partial charge in [0.1, 0.15) is 5.75 Å². The molecule has 4 heteroatoms. The summed E-state index contributed by atoms with van der Waals surface area (Å²) >= 11 is 0. The zero-order valence-electron chi connectivity index (χ0n) is 17.0. The van der Waals surface area contributed by atoms with Gasteiger partial charge < -0.3 is 10.1 Å². The number of ether oxygens (including phenoxy) is 1. The molecule has 2 aliphatic rings. The maximum Gasteiger partial charge on any atom is 0.322 e. The van der Waals surface area contributed by atoms with Crippen LogP contribution in [0, 0.1) is 12.8 Å². The van der Waals surface area contributed by atoms with Crippen LogP contribution in [0.15, 0.2) is 42.0 Å². The fraction of sp³-hybridized carbons (Fsp3) is 0.435. The van der Waals surface area contributed by atoms with Gasteiger partial charge in [0.2, 0.25) is 0 Å². The molecule has 1 atom stereocenters. The molecule has 27 heavy (non-hydrogen) atoms. The third-order valence-electron chi connectivity index (χ3n) is 5.30. The second-order valence-corrected chi connectivity index (χ2v) is 8.17. The third-order valence-corrected chi connectivity index (χ3v) is 5.30. The Morgan fingerprint density at radius 1 is 1.30 bits per heavy atom. The molecule has 1 saturated heterocycles. The van der Waals surface area contributed by atoms with Crippen molar-refractivity contribution in [2.24, 2.45) is 5.92 Å². The van der Waals surface area contributed by atoms with E-state index in [0.29, 0.717) is 12.5 Å². The smallest absolute Gasteiger partial charge is 0.322 e. The number of anilines is 1. The molecular weight excluding hydrogens is 336 g/mol. The Morgan fingerprint density at radius 3 is 2.70 bits per heavy atom. The molecule has 1 fully saturated rings. The van der Waals surface area contributed by atoms with Crippen molar-refractivity contribution in [1.29, 1.82) is 0 Å². The number of methoxy groups -OCH3 is 1. The van der Waals surface area contributed by atoms with Gasteiger partial charge in [-0.3, -0.25) is 4.90 Å². The van der Waals surface area contributed by atoms with Crippen LogP contribution in [0.3, 0.4) is 0 Å². The Hall–Kier alpha value is -2.49. The summed E-state index contributed by atoms with van der Waals surface area (Å²) in [6, 6.07) is 4.04. The number of nitrogens with zero attached hydrogens (tertiary/aromatic N) is 1. The Labute approximate surface area is 162 Å². The van der Waals surface area contributed by atoms with Gasteiger partial charge in [-0.1, -0.05) is 36.0 Å². The minimum Gasteiger partial charge on any atom is -0.496 e. The summed E-state index contributed by atoms with van der Waals surface area (Å²) in [5.74, 6) is 1.25. The first-order valence-electron chi connectivity index (χ1n) is 9.60. The number of hydrogen-bond donors (Lipinski definition) is 1. The van der Waals surface area contributed by atoms with Gasteiger partial charge in [0.15, 0.2) is 0 Å². The number of nitrogens with one attached hydrogen (secondary N) is 1. The Kier molecular flexibility index (Phi) is 5.45. The highest BCUT2D eigenvalue weighted by atomic mass is 16.5. The Bertz CT molecular complexity index is 818. The summed E-state index contributed by atoms with van der Waals surface area (Å²) in [4.78, 5) is 14.4. The lowest BCUT2D eigenvalue weighted by molar-refractivity contribution is 0.224. The molecule has 4 nitrogen and oxygen atoms in total. The van der Waals surface area contributed by atoms with Crippen LogP contribution in [0.4, 0.5) is 10.5 Å². The van der Waals surface area contributed by atoms with Gasteiger partial charge in [-0.05, 0) is 64.2 Å². The molecule has 1 unspecified atom stereocenters. The second kappa shape index (κ2) is 7.63. The zero-order valence-corrected chi connectivity index (χ0v) is 17.0. The van der Waals surface area contributed by atoms with E-state index in [-0.39, 0.29) is 11.6 Å². The highest BCUT2D eigenvalue weighted by molar-refractivity contribution is 5.94. The zero-order chi connectivity index (χ0) is 19.6. The van der Waals surface area contributed by atoms with E-state index < -0.39 is 0 Å². The highest BCUT2D eigenvalue weighted by Crippen LogP contribution is 2.33. The van der Waals surface area contributed by atoms with Gasteiger partial charge in [-0.25, -0.2) is 4.79 Å². The number of rotatable bonds is 4. The summed E-state index contributed by atoms with van der Waals surface area (Å²) in [7, 11) is 1.70. The van der Waals surface area contributed by atoms with Crippen LogP contribution in [0.5, 0.6) is 5.75 Å². The molecule has 1 aromatic rings. The first kappa shape index (κ1) is 19.3. The first-order chi connectivity index (χ1) is 12.8. The van der Waals surface area contributed by atoms with Crippen molar-refractivity contribution < 1.29 is 9.53 Å². The van der Waals surface area contributed by atoms with E-state index in [4.69, 9.17) is 4.74 Å². The molecule has 0 saturated carbocycles. The van der Waals surface area contributed by atoms with E-state index in [9.17, 15) is 4.79 Å². The van der Waals surface area contributed by atoms with Gasteiger partial charge >= 0.3 is 6.03 Å². The fourth-order valence-electron chi connectivity index (χ4n) is 3.61. The van der Waals surface area contributed by atoms with Crippen molar-refractivity contribution in [3.05, 3.63) is 53.1 Å². The predicted octanol–water partition coefficient (Wildman–Crippen LogP) is 5.24. The summed E-state index contributed by atoms with van der Waals surface area (Å²) < 4.78 is 5.64. The lowest BCUT2D eigenvalue weighted by Gasteiger charge is -2.38. The van der Waals surface area contributed by atoms with Crippen LogP contribution in [0.1, 0.15) is 44.7 Å². The average molecular weight is 367 g/mol. The summed E-state index contributed by atoms with van der Waals surface area (Å²) in [6.45, 7) is 8.98. The Morgan fingerprint density at radius 2 is 2.07 bits per heavy atom. The van der Waals surface area contributed by atoms with Crippen LogP contribution in [0.25, 0.3) is 6.08 Å². The molecule has 1 heterocycles. The number of aryl methyl sites for hydroxylation is 1. The van der Waals surface area contributed by atoms with Gasteiger partial charge in [0, 0.05) is 23.3 Å². The largest absolute Gasteiger partial charge is 0.496 e. The molecule has 0 radical (unpaired) electrons. The van der Waals surface area contributed by atoms with Crippen LogP contribution in [-0.4, -0.2) is 25.2 Å². The molecule has 2 amide bonds. The van der Waals surface area contributed by atoms with Crippen molar-refractivity contribution in [3.8, 4) is 5.75 Å². The number of allylic oxidation sites excluding steroid dienone is 5. The van der Waals surface area contributed by atoms with Crippen molar-refractivity contribution in [3.63, 3.8) is 0 Å². The molecule has 144 valence electrons. The summed E-state index contributed by atoms with van der Waals surface area (Å²) in [5.41, 5.74) is 4.11. The third kappa shape index (κ3) is 4.44. The lowest BCUT2D eigenvalue weighted by atomic mass is 9.95. The van der Waals surface area contributed by atoms with Crippen LogP contribution in [0.2, 0.25) is 0 Å². The number of urea groups is 1. The van der Waals surface area contributed by atoms with Crippen LogP contribution < -0.4 is 15.0 Å². The molecule has 1 N–H and O–H groups in total. The Balaban J connectivity index is 1.88. The summed E-state index contributed by atoms with van der Waals surface area (Å²) in [6.07, 6.45) is 12.9. The molecule has 0 spiro atoms. The molecule has 1 aliphatic heterocycles. The number of hydrogen-bond acceptors (Lipinski definition) is 2. The van der Waals surface area contributed by atoms with E-state index >= 15 is 0 Å². The van der Waals surface area contributed by atoms with Crippen LogP contribution >= 0.6 is 0 Å². The SMILES string of the molecule is COc1c(C)cc(N2CCC(C)(C)NC2=O)cc1C=CC1C=CC(C)=CC1.